The second-order valence-electron chi connectivity index (χ2n) is 5.32. The first-order valence-electron chi connectivity index (χ1n) is 7.52. The van der Waals surface area contributed by atoms with Crippen LogP contribution in [0.1, 0.15) is 0 Å². The number of carboxylic acid groups (broad SMARTS) is 1. The lowest BCUT2D eigenvalue weighted by Crippen LogP contribution is -2.36. The van der Waals surface area contributed by atoms with Gasteiger partial charge in [0.25, 0.3) is 15.7 Å². The third kappa shape index (κ3) is 4.26. The molecule has 10 nitrogen and oxygen atoms in total. The van der Waals surface area contributed by atoms with Crippen molar-refractivity contribution in [1.82, 2.24) is 0 Å². The van der Waals surface area contributed by atoms with Crippen molar-refractivity contribution >= 4 is 39.0 Å². The van der Waals surface area contributed by atoms with Crippen LogP contribution in [0.3, 0.4) is 0 Å². The Balaban J connectivity index is 2.72. The van der Waals surface area contributed by atoms with Crippen molar-refractivity contribution in [2.45, 2.75) is 4.90 Å². The minimum absolute atomic E-state index is 0.0268. The molecule has 0 aliphatic rings. The Morgan fingerprint density at radius 2 is 1.86 bits per heavy atom. The van der Waals surface area contributed by atoms with Crippen molar-refractivity contribution in [1.29, 1.82) is 0 Å². The molecule has 150 valence electrons. The van der Waals surface area contributed by atoms with Gasteiger partial charge in [0, 0.05) is 24.3 Å². The number of hydrogen-bond donors (Lipinski definition) is 1. The fourth-order valence-corrected chi connectivity index (χ4v) is 4.03. The highest BCUT2D eigenvalue weighted by atomic mass is 35.5. The van der Waals surface area contributed by atoms with Crippen LogP contribution >= 0.6 is 11.6 Å². The van der Waals surface area contributed by atoms with Gasteiger partial charge in [0.1, 0.15) is 18.0 Å². The van der Waals surface area contributed by atoms with Crippen molar-refractivity contribution in [3.63, 3.8) is 0 Å². The summed E-state index contributed by atoms with van der Waals surface area (Å²) in [4.78, 5) is 21.1. The topological polar surface area (TPSA) is 136 Å². The van der Waals surface area contributed by atoms with Gasteiger partial charge in [-0.25, -0.2) is 8.42 Å². The number of rotatable bonds is 8. The van der Waals surface area contributed by atoms with Gasteiger partial charge in [0.15, 0.2) is 0 Å². The lowest BCUT2D eigenvalue weighted by Gasteiger charge is -2.25. The maximum Gasteiger partial charge on any atom is 0.324 e. The zero-order valence-corrected chi connectivity index (χ0v) is 16.2. The van der Waals surface area contributed by atoms with Gasteiger partial charge < -0.3 is 14.6 Å². The number of aliphatic carboxylic acids is 1. The normalized spacial score (nSPS) is 11.0. The second-order valence-corrected chi connectivity index (χ2v) is 7.59. The van der Waals surface area contributed by atoms with E-state index < -0.39 is 38.0 Å². The predicted octanol–water partition coefficient (Wildman–Crippen LogP) is 2.55. The average molecular weight is 431 g/mol. The third-order valence-corrected chi connectivity index (χ3v) is 5.67. The number of carbonyl (C=O) groups is 1. The molecule has 0 atom stereocenters. The van der Waals surface area contributed by atoms with E-state index in [2.05, 4.69) is 0 Å². The summed E-state index contributed by atoms with van der Waals surface area (Å²) in [6.07, 6.45) is 0. The van der Waals surface area contributed by atoms with Crippen LogP contribution in [0.4, 0.5) is 11.4 Å². The molecule has 0 radical (unpaired) electrons. The van der Waals surface area contributed by atoms with Gasteiger partial charge in [-0.3, -0.25) is 19.2 Å². The molecule has 0 aliphatic carbocycles. The Kier molecular flexibility index (Phi) is 6.31. The number of methoxy groups -OCH3 is 2. The molecule has 0 aromatic heterocycles. The number of halogens is 1. The number of carboxylic acids is 1. The van der Waals surface area contributed by atoms with Gasteiger partial charge in [-0.15, -0.1) is 0 Å². The van der Waals surface area contributed by atoms with Crippen LogP contribution < -0.4 is 13.8 Å². The minimum Gasteiger partial charge on any atom is -0.495 e. The number of hydrogen-bond acceptors (Lipinski definition) is 7. The average Bonchev–Trinajstić information content (AvgIpc) is 2.65. The molecule has 0 saturated carbocycles. The quantitative estimate of drug-likeness (QED) is 0.498. The number of non-ortho nitro benzene ring substituents is 1. The maximum atomic E-state index is 13.1. The number of benzene rings is 2. The standard InChI is InChI=1S/C16H15ClN2O8S/c1-26-14-8-13(15(27-2)7-12(14)17)18(9-16(20)21)28(24,25)11-5-3-4-10(6-11)19(22)23/h3-8H,9H2,1-2H3,(H,20,21). The molecule has 0 fully saturated rings. The number of nitrogens with zero attached hydrogens (tertiary/aromatic N) is 2. The molecule has 0 unspecified atom stereocenters. The maximum absolute atomic E-state index is 13.1. The molecular formula is C16H15ClN2O8S. The van der Waals surface area contributed by atoms with Gasteiger partial charge in [0.2, 0.25) is 0 Å². The fraction of sp³-hybridized carbons (Fsp3) is 0.188. The third-order valence-electron chi connectivity index (χ3n) is 3.62. The SMILES string of the molecule is COc1cc(N(CC(=O)O)S(=O)(=O)c2cccc([N+](=O)[O-])c2)c(OC)cc1Cl. The Morgan fingerprint density at radius 3 is 2.39 bits per heavy atom. The molecule has 0 saturated heterocycles. The molecule has 0 aliphatic heterocycles. The summed E-state index contributed by atoms with van der Waals surface area (Å²) in [5.74, 6) is -1.40. The molecule has 0 bridgehead atoms. The summed E-state index contributed by atoms with van der Waals surface area (Å²) in [6.45, 7) is -0.966. The number of nitro benzene ring substituents is 1. The molecule has 2 aromatic rings. The predicted molar refractivity (Wildman–Crippen MR) is 99.8 cm³/mol. The minimum atomic E-state index is -4.51. The first-order valence-corrected chi connectivity index (χ1v) is 9.34. The number of sulfonamides is 1. The van der Waals surface area contributed by atoms with Crippen molar-refractivity contribution in [2.24, 2.45) is 0 Å². The van der Waals surface area contributed by atoms with Crippen molar-refractivity contribution in [3.05, 3.63) is 51.5 Å². The van der Waals surface area contributed by atoms with E-state index in [-0.39, 0.29) is 22.2 Å². The van der Waals surface area contributed by atoms with E-state index in [1.807, 2.05) is 0 Å². The lowest BCUT2D eigenvalue weighted by molar-refractivity contribution is -0.385. The van der Waals surface area contributed by atoms with Crippen molar-refractivity contribution in [3.8, 4) is 11.5 Å². The van der Waals surface area contributed by atoms with Crippen LogP contribution in [0.2, 0.25) is 5.02 Å². The molecule has 28 heavy (non-hydrogen) atoms. The number of nitro groups is 1. The zero-order chi connectivity index (χ0) is 21.1. The number of ether oxygens (including phenoxy) is 2. The summed E-state index contributed by atoms with van der Waals surface area (Å²) in [6, 6.07) is 6.74. The molecule has 1 N–H and O–H groups in total. The van der Waals surface area contributed by atoms with E-state index in [0.29, 0.717) is 4.31 Å². The summed E-state index contributed by atoms with van der Waals surface area (Å²) in [5.41, 5.74) is -0.616. The summed E-state index contributed by atoms with van der Waals surface area (Å²) in [7, 11) is -1.96. The monoisotopic (exact) mass is 430 g/mol. The van der Waals surface area contributed by atoms with Gasteiger partial charge in [-0.2, -0.15) is 0 Å². The molecule has 0 spiro atoms. The van der Waals surface area contributed by atoms with Crippen LogP contribution in [0.5, 0.6) is 11.5 Å². The van der Waals surface area contributed by atoms with Gasteiger partial charge >= 0.3 is 5.97 Å². The van der Waals surface area contributed by atoms with Gasteiger partial charge in [-0.1, -0.05) is 17.7 Å². The zero-order valence-electron chi connectivity index (χ0n) is 14.7. The molecule has 12 heteroatoms. The van der Waals surface area contributed by atoms with Crippen molar-refractivity contribution in [2.75, 3.05) is 25.1 Å². The molecule has 2 rings (SSSR count). The summed E-state index contributed by atoms with van der Waals surface area (Å²) in [5, 5.41) is 20.3. The van der Waals surface area contributed by atoms with E-state index in [1.54, 1.807) is 0 Å². The van der Waals surface area contributed by atoms with E-state index >= 15 is 0 Å². The number of anilines is 1. The van der Waals surface area contributed by atoms with Crippen LogP contribution in [0.25, 0.3) is 0 Å². The first kappa shape index (κ1) is 21.3. The molecule has 0 heterocycles. The highest BCUT2D eigenvalue weighted by molar-refractivity contribution is 7.92. The van der Waals surface area contributed by atoms with Crippen LogP contribution in [-0.4, -0.2) is 45.2 Å². The second kappa shape index (κ2) is 8.31. The smallest absolute Gasteiger partial charge is 0.324 e. The van der Waals surface area contributed by atoms with Crippen LogP contribution in [0, 0.1) is 10.1 Å². The Hall–Kier alpha value is -3.05. The van der Waals surface area contributed by atoms with Crippen molar-refractivity contribution < 1.29 is 32.7 Å². The fourth-order valence-electron chi connectivity index (χ4n) is 2.35. The first-order chi connectivity index (χ1) is 13.1. The molecule has 2 aromatic carbocycles. The Labute approximate surface area is 165 Å². The van der Waals surface area contributed by atoms with E-state index in [4.69, 9.17) is 21.1 Å². The van der Waals surface area contributed by atoms with Crippen LogP contribution in [0.15, 0.2) is 41.3 Å². The Morgan fingerprint density at radius 1 is 1.21 bits per heavy atom. The highest BCUT2D eigenvalue weighted by Crippen LogP contribution is 2.40. The Bertz CT molecular complexity index is 1030. The van der Waals surface area contributed by atoms with E-state index in [1.165, 1.54) is 32.4 Å². The molecule has 0 amide bonds. The highest BCUT2D eigenvalue weighted by Gasteiger charge is 2.31. The van der Waals surface area contributed by atoms with Gasteiger partial charge in [0.05, 0.1) is 34.7 Å². The van der Waals surface area contributed by atoms with Gasteiger partial charge in [-0.05, 0) is 6.07 Å². The summed E-state index contributed by atoms with van der Waals surface area (Å²) < 4.78 is 37.0. The molecular weight excluding hydrogens is 416 g/mol. The van der Waals surface area contributed by atoms with Crippen LogP contribution in [-0.2, 0) is 14.8 Å². The van der Waals surface area contributed by atoms with E-state index in [9.17, 15) is 28.4 Å². The lowest BCUT2D eigenvalue weighted by atomic mass is 10.2. The largest absolute Gasteiger partial charge is 0.495 e. The van der Waals surface area contributed by atoms with E-state index in [0.717, 1.165) is 18.2 Å². The summed E-state index contributed by atoms with van der Waals surface area (Å²) >= 11 is 6.01.